The number of amides is 1. The predicted octanol–water partition coefficient (Wildman–Crippen LogP) is 5.69. The molecule has 208 valence electrons. The molecule has 1 aliphatic carbocycles. The van der Waals surface area contributed by atoms with E-state index in [9.17, 15) is 14.4 Å². The van der Waals surface area contributed by atoms with Crippen LogP contribution < -0.4 is 10.1 Å². The molecule has 1 N–H and O–H groups in total. The second-order valence-electron chi connectivity index (χ2n) is 10.6. The number of carbonyl (C=O) groups is 3. The number of rotatable bonds is 4. The van der Waals surface area contributed by atoms with Crippen LogP contribution in [0.3, 0.4) is 0 Å². The Kier molecular flexibility index (Phi) is 9.11. The fraction of sp³-hybridized carbons (Fsp3) is 0.364. The van der Waals surface area contributed by atoms with Crippen molar-refractivity contribution in [2.24, 2.45) is 5.92 Å². The van der Waals surface area contributed by atoms with Gasteiger partial charge in [-0.25, -0.2) is 9.59 Å². The summed E-state index contributed by atoms with van der Waals surface area (Å²) in [4.78, 5) is 40.0. The number of hydrogen-bond acceptors (Lipinski definition) is 6. The van der Waals surface area contributed by atoms with E-state index in [2.05, 4.69) is 5.32 Å². The van der Waals surface area contributed by atoms with Gasteiger partial charge in [0, 0.05) is 12.8 Å². The number of aryl methyl sites for hydroxylation is 1. The zero-order valence-electron chi connectivity index (χ0n) is 22.6. The van der Waals surface area contributed by atoms with E-state index in [-0.39, 0.29) is 31.3 Å². The van der Waals surface area contributed by atoms with Crippen LogP contribution in [0.4, 0.5) is 0 Å². The van der Waals surface area contributed by atoms with Crippen LogP contribution in [0.15, 0.2) is 78.9 Å². The summed E-state index contributed by atoms with van der Waals surface area (Å²) in [5.41, 5.74) is 2.59. The maximum atomic E-state index is 13.6. The lowest BCUT2D eigenvalue weighted by Crippen LogP contribution is -2.49. The van der Waals surface area contributed by atoms with Crippen molar-refractivity contribution >= 4 is 17.8 Å². The maximum absolute atomic E-state index is 13.6. The highest BCUT2D eigenvalue weighted by molar-refractivity contribution is 5.87. The van der Waals surface area contributed by atoms with Crippen LogP contribution in [-0.2, 0) is 43.3 Å². The summed E-state index contributed by atoms with van der Waals surface area (Å²) in [5.74, 6) is -0.212. The molecule has 0 saturated heterocycles. The molecule has 1 amide bonds. The van der Waals surface area contributed by atoms with Gasteiger partial charge >= 0.3 is 11.9 Å². The van der Waals surface area contributed by atoms with Gasteiger partial charge < -0.3 is 19.5 Å². The molecule has 2 aliphatic heterocycles. The van der Waals surface area contributed by atoms with Crippen LogP contribution in [0.1, 0.15) is 55.2 Å². The van der Waals surface area contributed by atoms with Crippen LogP contribution in [0, 0.1) is 5.92 Å². The molecule has 0 spiro atoms. The lowest BCUT2D eigenvalue weighted by Gasteiger charge is -2.30. The van der Waals surface area contributed by atoms with Crippen LogP contribution >= 0.6 is 0 Å². The van der Waals surface area contributed by atoms with Gasteiger partial charge in [-0.3, -0.25) is 4.79 Å². The zero-order chi connectivity index (χ0) is 27.7. The first-order valence-corrected chi connectivity index (χ1v) is 14.1. The van der Waals surface area contributed by atoms with Crippen molar-refractivity contribution in [1.29, 1.82) is 0 Å². The fourth-order valence-electron chi connectivity index (χ4n) is 5.36. The molecule has 6 rings (SSSR count). The first kappa shape index (κ1) is 27.4. The van der Waals surface area contributed by atoms with Gasteiger partial charge in [0.1, 0.15) is 24.1 Å². The van der Waals surface area contributed by atoms with Gasteiger partial charge in [-0.15, -0.1) is 0 Å². The summed E-state index contributed by atoms with van der Waals surface area (Å²) in [5, 5.41) is 2.95. The summed E-state index contributed by atoms with van der Waals surface area (Å²) < 4.78 is 17.5. The molecule has 4 bridgehead atoms. The number of carbonyl (C=O) groups excluding carboxylic acids is 3. The van der Waals surface area contributed by atoms with Crippen molar-refractivity contribution in [3.8, 4) is 11.5 Å². The molecule has 7 nitrogen and oxygen atoms in total. The fourth-order valence-corrected chi connectivity index (χ4v) is 5.36. The van der Waals surface area contributed by atoms with Gasteiger partial charge in [0.05, 0.1) is 0 Å². The first-order valence-electron chi connectivity index (χ1n) is 14.1. The van der Waals surface area contributed by atoms with E-state index in [1.54, 1.807) is 0 Å². The monoisotopic (exact) mass is 541 g/mol. The molecule has 3 aliphatic rings. The quantitative estimate of drug-likeness (QED) is 0.427. The summed E-state index contributed by atoms with van der Waals surface area (Å²) >= 11 is 0. The molecular formula is C33H35NO6. The topological polar surface area (TPSA) is 90.9 Å². The van der Waals surface area contributed by atoms with Gasteiger partial charge in [0.15, 0.2) is 0 Å². The molecule has 0 radical (unpaired) electrons. The predicted molar refractivity (Wildman–Crippen MR) is 150 cm³/mol. The van der Waals surface area contributed by atoms with Gasteiger partial charge in [-0.2, -0.15) is 0 Å². The van der Waals surface area contributed by atoms with Crippen LogP contribution in [0.5, 0.6) is 11.5 Å². The van der Waals surface area contributed by atoms with Crippen molar-refractivity contribution in [1.82, 2.24) is 5.32 Å². The second kappa shape index (κ2) is 13.3. The van der Waals surface area contributed by atoms with E-state index in [1.165, 1.54) is 0 Å². The van der Waals surface area contributed by atoms with Crippen LogP contribution in [0.25, 0.3) is 0 Å². The summed E-state index contributed by atoms with van der Waals surface area (Å²) in [6.45, 7) is 0.0650. The van der Waals surface area contributed by atoms with Crippen molar-refractivity contribution in [3.05, 3.63) is 95.6 Å². The van der Waals surface area contributed by atoms with Crippen LogP contribution in [0.2, 0.25) is 0 Å². The molecule has 1 saturated carbocycles. The minimum Gasteiger partial charge on any atom is -0.458 e. The third-order valence-electron chi connectivity index (χ3n) is 7.56. The number of benzene rings is 3. The molecule has 3 aromatic carbocycles. The van der Waals surface area contributed by atoms with Crippen LogP contribution in [-0.4, -0.2) is 30.0 Å². The first-order chi connectivity index (χ1) is 19.5. The van der Waals surface area contributed by atoms with E-state index < -0.39 is 24.1 Å². The third-order valence-corrected chi connectivity index (χ3v) is 7.56. The Hall–Kier alpha value is -4.13. The molecule has 7 heteroatoms. The molecule has 40 heavy (non-hydrogen) atoms. The molecule has 2 heterocycles. The number of ether oxygens (including phenoxy) is 3. The summed E-state index contributed by atoms with van der Waals surface area (Å²) in [7, 11) is 0. The molecule has 1 fully saturated rings. The Morgan fingerprint density at radius 3 is 2.38 bits per heavy atom. The summed E-state index contributed by atoms with van der Waals surface area (Å²) in [6.07, 6.45) is 4.44. The number of esters is 2. The number of fused-ring (bicyclic) bond motifs is 10. The molecule has 1 unspecified atom stereocenters. The number of hydrogen-bond donors (Lipinski definition) is 1. The highest BCUT2D eigenvalue weighted by Crippen LogP contribution is 2.29. The minimum absolute atomic E-state index is 0.0377. The zero-order valence-corrected chi connectivity index (χ0v) is 22.6. The standard InChI is InChI=1S/C33H35NO6/c35-30-19-16-23-14-17-27(18-15-23)39-28-13-7-10-25(20-28)21-29(32(36)38-22-24-8-3-1-4-9-24)40-33(37)31(34-30)26-11-5-2-6-12-26/h1,3-4,7-10,13-15,17-18,20,26,29,31H,2,5-6,11-12,16,19,21-22H2,(H,34,35)/t29?,31-/m0/s1. The second-order valence-corrected chi connectivity index (χ2v) is 10.6. The Bertz CT molecular complexity index is 1300. The molecule has 3 aromatic rings. The van der Waals surface area contributed by atoms with E-state index in [4.69, 9.17) is 14.2 Å². The number of nitrogens with one attached hydrogen (secondary N) is 1. The van der Waals surface area contributed by atoms with Gasteiger partial charge in [-0.05, 0) is 66.1 Å². The van der Waals surface area contributed by atoms with Gasteiger partial charge in [0.25, 0.3) is 0 Å². The van der Waals surface area contributed by atoms with Gasteiger partial charge in [-0.1, -0.05) is 73.9 Å². The molecule has 0 aromatic heterocycles. The Morgan fingerprint density at radius 1 is 0.825 bits per heavy atom. The van der Waals surface area contributed by atoms with Gasteiger partial charge in [0.2, 0.25) is 12.0 Å². The minimum atomic E-state index is -1.18. The van der Waals surface area contributed by atoms with E-state index >= 15 is 0 Å². The van der Waals surface area contributed by atoms with E-state index in [0.29, 0.717) is 17.9 Å². The normalized spacial score (nSPS) is 20.5. The Labute approximate surface area is 234 Å². The third kappa shape index (κ3) is 7.50. The lowest BCUT2D eigenvalue weighted by atomic mass is 9.83. The average Bonchev–Trinajstić information content (AvgIpc) is 2.99. The maximum Gasteiger partial charge on any atom is 0.348 e. The highest BCUT2D eigenvalue weighted by Gasteiger charge is 2.35. The molecular weight excluding hydrogens is 506 g/mol. The van der Waals surface area contributed by atoms with Crippen molar-refractivity contribution < 1.29 is 28.6 Å². The highest BCUT2D eigenvalue weighted by atomic mass is 16.6. The van der Waals surface area contributed by atoms with E-state index in [1.807, 2.05) is 78.9 Å². The molecule has 2 atom stereocenters. The lowest BCUT2D eigenvalue weighted by molar-refractivity contribution is -0.171. The largest absolute Gasteiger partial charge is 0.458 e. The Balaban J connectivity index is 1.43. The average molecular weight is 542 g/mol. The Morgan fingerprint density at radius 2 is 1.60 bits per heavy atom. The summed E-state index contributed by atoms with van der Waals surface area (Å²) in [6, 6.07) is 23.5. The van der Waals surface area contributed by atoms with Crippen molar-refractivity contribution in [3.63, 3.8) is 0 Å². The van der Waals surface area contributed by atoms with Crippen molar-refractivity contribution in [2.45, 2.75) is 70.1 Å². The SMILES string of the molecule is O=C1CCc2ccc(cc2)Oc2cccc(c2)CC(C(=O)OCc2ccccc2)OC(=O)[C@H](C2CCCCC2)N1. The smallest absolute Gasteiger partial charge is 0.348 e. The van der Waals surface area contributed by atoms with Crippen molar-refractivity contribution in [2.75, 3.05) is 0 Å². The van der Waals surface area contributed by atoms with E-state index in [0.717, 1.165) is 48.8 Å².